The Morgan fingerprint density at radius 2 is 2.00 bits per heavy atom. The van der Waals surface area contributed by atoms with Gasteiger partial charge in [0.25, 0.3) is 0 Å². The van der Waals surface area contributed by atoms with Crippen LogP contribution in [0.4, 0.5) is 0 Å². The van der Waals surface area contributed by atoms with Gasteiger partial charge in [0, 0.05) is 6.42 Å². The van der Waals surface area contributed by atoms with Crippen LogP contribution in [0.25, 0.3) is 0 Å². The summed E-state index contributed by atoms with van der Waals surface area (Å²) >= 11 is 0. The van der Waals surface area contributed by atoms with E-state index in [9.17, 15) is 9.90 Å². The van der Waals surface area contributed by atoms with E-state index in [4.69, 9.17) is 0 Å². The van der Waals surface area contributed by atoms with Gasteiger partial charge in [0.15, 0.2) is 5.78 Å². The van der Waals surface area contributed by atoms with Crippen LogP contribution in [0.3, 0.4) is 0 Å². The van der Waals surface area contributed by atoms with Crippen molar-refractivity contribution in [3.05, 3.63) is 11.1 Å². The Hall–Kier alpha value is -0.630. The number of ketones is 1. The average molecular weight is 288 g/mol. The van der Waals surface area contributed by atoms with Crippen molar-refractivity contribution in [3.63, 3.8) is 0 Å². The van der Waals surface area contributed by atoms with Crippen LogP contribution in [0, 0.1) is 29.1 Å². The zero-order valence-electron chi connectivity index (χ0n) is 13.4. The molecule has 0 aromatic carbocycles. The van der Waals surface area contributed by atoms with Gasteiger partial charge in [0.1, 0.15) is 0 Å². The lowest BCUT2D eigenvalue weighted by Gasteiger charge is -2.58. The van der Waals surface area contributed by atoms with Gasteiger partial charge in [-0.15, -0.1) is 0 Å². The van der Waals surface area contributed by atoms with E-state index in [-0.39, 0.29) is 6.10 Å². The van der Waals surface area contributed by atoms with E-state index >= 15 is 0 Å². The lowest BCUT2D eigenvalue weighted by molar-refractivity contribution is -0.117. The van der Waals surface area contributed by atoms with Crippen molar-refractivity contribution in [1.29, 1.82) is 0 Å². The van der Waals surface area contributed by atoms with E-state index in [1.807, 2.05) is 0 Å². The molecule has 0 aromatic heterocycles. The fraction of sp³-hybridized carbons (Fsp3) is 0.842. The second-order valence-electron chi connectivity index (χ2n) is 8.40. The maximum atomic E-state index is 12.1. The van der Waals surface area contributed by atoms with Gasteiger partial charge in [-0.2, -0.15) is 0 Å². The maximum absolute atomic E-state index is 12.1. The van der Waals surface area contributed by atoms with E-state index in [0.717, 1.165) is 43.1 Å². The number of hydrogen-bond donors (Lipinski definition) is 1. The van der Waals surface area contributed by atoms with E-state index in [0.29, 0.717) is 23.0 Å². The SMILES string of the molecule is CC1=C2CC[C@H]3[C@@H](CCC4CC(O)CC[C@@]43C)[C@@H]2CC1=O. The lowest BCUT2D eigenvalue weighted by atomic mass is 9.47. The van der Waals surface area contributed by atoms with Gasteiger partial charge in [-0.05, 0) is 86.5 Å². The summed E-state index contributed by atoms with van der Waals surface area (Å²) in [6.07, 6.45) is 8.93. The Morgan fingerprint density at radius 1 is 1.19 bits per heavy atom. The van der Waals surface area contributed by atoms with Crippen LogP contribution >= 0.6 is 0 Å². The van der Waals surface area contributed by atoms with Crippen LogP contribution in [0.2, 0.25) is 0 Å². The molecule has 1 N–H and O–H groups in total. The number of fused-ring (bicyclic) bond motifs is 5. The van der Waals surface area contributed by atoms with E-state index in [1.165, 1.54) is 31.3 Å². The first-order valence-corrected chi connectivity index (χ1v) is 8.91. The van der Waals surface area contributed by atoms with Crippen molar-refractivity contribution in [2.24, 2.45) is 29.1 Å². The van der Waals surface area contributed by atoms with Gasteiger partial charge in [0.2, 0.25) is 0 Å². The highest BCUT2D eigenvalue weighted by atomic mass is 16.3. The molecule has 0 radical (unpaired) electrons. The van der Waals surface area contributed by atoms with Gasteiger partial charge in [-0.3, -0.25) is 4.79 Å². The number of Topliss-reactive ketones (excluding diaryl/α,β-unsaturated/α-hetero) is 1. The molecule has 2 heteroatoms. The number of rotatable bonds is 0. The normalized spacial score (nSPS) is 49.7. The van der Waals surface area contributed by atoms with E-state index < -0.39 is 0 Å². The van der Waals surface area contributed by atoms with Gasteiger partial charge < -0.3 is 5.11 Å². The number of hydrogen-bond acceptors (Lipinski definition) is 2. The monoisotopic (exact) mass is 288 g/mol. The summed E-state index contributed by atoms with van der Waals surface area (Å²) in [4.78, 5) is 12.1. The van der Waals surface area contributed by atoms with Gasteiger partial charge >= 0.3 is 0 Å². The standard InChI is InChI=1S/C19H28O2/c1-11-14-5-6-17-15(16(14)10-18(11)21)4-3-12-9-13(20)7-8-19(12,17)2/h12-13,15-17,20H,3-10H2,1-2H3/t12?,13?,15-,16+,17-,19-/m0/s1. The first-order chi connectivity index (χ1) is 10.0. The van der Waals surface area contributed by atoms with Crippen LogP contribution in [0.5, 0.6) is 0 Å². The van der Waals surface area contributed by atoms with E-state index in [1.54, 1.807) is 0 Å². The predicted octanol–water partition coefficient (Wildman–Crippen LogP) is 3.88. The third-order valence-corrected chi connectivity index (χ3v) is 7.71. The minimum absolute atomic E-state index is 0.0611. The number of carbonyl (C=O) groups excluding carboxylic acids is 1. The molecule has 4 aliphatic carbocycles. The molecule has 0 bridgehead atoms. The van der Waals surface area contributed by atoms with Gasteiger partial charge in [-0.1, -0.05) is 12.5 Å². The quantitative estimate of drug-likeness (QED) is 0.734. The summed E-state index contributed by atoms with van der Waals surface area (Å²) in [5.74, 6) is 3.23. The summed E-state index contributed by atoms with van der Waals surface area (Å²) in [6, 6.07) is 0. The maximum Gasteiger partial charge on any atom is 0.159 e. The Labute approximate surface area is 128 Å². The second kappa shape index (κ2) is 4.68. The predicted molar refractivity (Wildman–Crippen MR) is 82.7 cm³/mol. The molecule has 0 saturated heterocycles. The van der Waals surface area contributed by atoms with Crippen molar-refractivity contribution in [2.45, 2.75) is 71.3 Å². The number of aliphatic hydroxyl groups excluding tert-OH is 1. The van der Waals surface area contributed by atoms with Crippen LogP contribution in [-0.4, -0.2) is 17.0 Å². The largest absolute Gasteiger partial charge is 0.393 e. The molecule has 0 spiro atoms. The van der Waals surface area contributed by atoms with Crippen molar-refractivity contribution in [3.8, 4) is 0 Å². The Kier molecular flexibility index (Phi) is 3.12. The minimum atomic E-state index is -0.0611. The number of aliphatic hydroxyl groups is 1. The zero-order valence-corrected chi connectivity index (χ0v) is 13.4. The van der Waals surface area contributed by atoms with Crippen LogP contribution in [-0.2, 0) is 4.79 Å². The first-order valence-electron chi connectivity index (χ1n) is 8.91. The zero-order chi connectivity index (χ0) is 14.8. The molecule has 4 rings (SSSR count). The van der Waals surface area contributed by atoms with Crippen LogP contribution < -0.4 is 0 Å². The molecule has 4 aliphatic rings. The smallest absolute Gasteiger partial charge is 0.159 e. The van der Waals surface area contributed by atoms with Crippen LogP contribution in [0.1, 0.15) is 65.2 Å². The summed E-state index contributed by atoms with van der Waals surface area (Å²) < 4.78 is 0. The van der Waals surface area contributed by atoms with Crippen LogP contribution in [0.15, 0.2) is 11.1 Å². The molecule has 2 unspecified atom stereocenters. The summed E-state index contributed by atoms with van der Waals surface area (Å²) in [6.45, 7) is 4.56. The van der Waals surface area contributed by atoms with E-state index in [2.05, 4.69) is 13.8 Å². The highest BCUT2D eigenvalue weighted by Crippen LogP contribution is 2.62. The molecular formula is C19H28O2. The van der Waals surface area contributed by atoms with Crippen molar-refractivity contribution in [2.75, 3.05) is 0 Å². The average Bonchev–Trinajstić information content (AvgIpc) is 2.75. The minimum Gasteiger partial charge on any atom is -0.393 e. The fourth-order valence-corrected chi connectivity index (χ4v) is 6.47. The second-order valence-corrected chi connectivity index (χ2v) is 8.40. The summed E-state index contributed by atoms with van der Waals surface area (Å²) in [5.41, 5.74) is 3.04. The molecule has 0 heterocycles. The molecule has 116 valence electrons. The molecule has 0 aliphatic heterocycles. The Balaban J connectivity index is 1.64. The highest BCUT2D eigenvalue weighted by Gasteiger charge is 2.54. The summed E-state index contributed by atoms with van der Waals surface area (Å²) in [7, 11) is 0. The highest BCUT2D eigenvalue weighted by molar-refractivity contribution is 5.98. The Morgan fingerprint density at radius 3 is 2.81 bits per heavy atom. The molecule has 3 saturated carbocycles. The third-order valence-electron chi connectivity index (χ3n) is 7.71. The van der Waals surface area contributed by atoms with Gasteiger partial charge in [-0.25, -0.2) is 0 Å². The Bertz CT molecular complexity index is 506. The molecule has 3 fully saturated rings. The molecule has 0 amide bonds. The topological polar surface area (TPSA) is 37.3 Å². The summed E-state index contributed by atoms with van der Waals surface area (Å²) in [5, 5.41) is 10.0. The molecular weight excluding hydrogens is 260 g/mol. The number of carbonyl (C=O) groups is 1. The number of allylic oxidation sites excluding steroid dienone is 2. The fourth-order valence-electron chi connectivity index (χ4n) is 6.47. The molecule has 21 heavy (non-hydrogen) atoms. The van der Waals surface area contributed by atoms with Gasteiger partial charge in [0.05, 0.1) is 6.10 Å². The molecule has 6 atom stereocenters. The lowest BCUT2D eigenvalue weighted by Crippen LogP contribution is -2.50. The van der Waals surface area contributed by atoms with Crippen molar-refractivity contribution in [1.82, 2.24) is 0 Å². The van der Waals surface area contributed by atoms with Crippen molar-refractivity contribution >= 4 is 5.78 Å². The molecule has 0 aromatic rings. The van der Waals surface area contributed by atoms with Crippen molar-refractivity contribution < 1.29 is 9.90 Å². The first kappa shape index (κ1) is 14.0. The third kappa shape index (κ3) is 1.91. The molecule has 2 nitrogen and oxygen atoms in total.